The second-order valence-corrected chi connectivity index (χ2v) is 7.50. The lowest BCUT2D eigenvalue weighted by molar-refractivity contribution is -0.0521. The van der Waals surface area contributed by atoms with E-state index in [-0.39, 0.29) is 18.6 Å². The van der Waals surface area contributed by atoms with Gasteiger partial charge in [-0.05, 0) is 35.3 Å². The zero-order valence-corrected chi connectivity index (χ0v) is 18.0. The van der Waals surface area contributed by atoms with Crippen LogP contribution in [0, 0.1) is 0 Å². The van der Waals surface area contributed by atoms with Crippen LogP contribution in [-0.4, -0.2) is 53.5 Å². The van der Waals surface area contributed by atoms with Gasteiger partial charge in [-0.15, -0.1) is 0 Å². The number of benzene rings is 1. The van der Waals surface area contributed by atoms with E-state index >= 15 is 0 Å². The van der Waals surface area contributed by atoms with Crippen molar-refractivity contribution in [3.8, 4) is 0 Å². The highest BCUT2D eigenvalue weighted by atomic mass is 79.9. The second-order valence-electron chi connectivity index (χ2n) is 6.98. The number of ether oxygens (including phenoxy) is 2. The molecule has 1 aromatic carbocycles. The van der Waals surface area contributed by atoms with E-state index in [4.69, 9.17) is 9.47 Å². The van der Waals surface area contributed by atoms with Gasteiger partial charge in [-0.2, -0.15) is 0 Å². The maximum atomic E-state index is 12.5. The summed E-state index contributed by atoms with van der Waals surface area (Å²) < 4.78 is 12.5. The molecule has 0 saturated carbocycles. The smallest absolute Gasteiger partial charge is 0.338 e. The fourth-order valence-electron chi connectivity index (χ4n) is 3.16. The molecule has 1 saturated heterocycles. The first-order valence-corrected chi connectivity index (χ1v) is 10.1. The summed E-state index contributed by atoms with van der Waals surface area (Å²) in [6.45, 7) is -0.389. The molecule has 1 fully saturated rings. The van der Waals surface area contributed by atoms with Gasteiger partial charge in [0.1, 0.15) is 18.4 Å². The second kappa shape index (κ2) is 9.41. The van der Waals surface area contributed by atoms with Crippen LogP contribution in [-0.2, 0) is 9.47 Å². The normalized spacial score (nSPS) is 21.1. The number of esters is 1. The van der Waals surface area contributed by atoms with Crippen LogP contribution in [0.15, 0.2) is 45.0 Å². The highest BCUT2D eigenvalue weighted by Gasteiger charge is 2.39. The Labute approximate surface area is 180 Å². The molecule has 2 aromatic rings. The molecular formula is C20H22BrN3O6. The number of carbonyl (C=O) groups is 1. The Hall–Kier alpha value is -2.69. The first kappa shape index (κ1) is 22.0. The van der Waals surface area contributed by atoms with Crippen LogP contribution < -0.4 is 16.1 Å². The topological polar surface area (TPSA) is 114 Å². The molecule has 30 heavy (non-hydrogen) atoms. The van der Waals surface area contributed by atoms with E-state index in [1.807, 2.05) is 19.0 Å². The molecule has 0 bridgehead atoms. The van der Waals surface area contributed by atoms with E-state index in [1.54, 1.807) is 24.3 Å². The van der Waals surface area contributed by atoms with Crippen LogP contribution in [0.4, 0.5) is 5.69 Å². The van der Waals surface area contributed by atoms with E-state index in [1.165, 1.54) is 21.8 Å². The van der Waals surface area contributed by atoms with Crippen molar-refractivity contribution in [1.82, 2.24) is 9.55 Å². The molecule has 3 rings (SSSR count). The summed E-state index contributed by atoms with van der Waals surface area (Å²) in [7, 11) is 3.79. The van der Waals surface area contributed by atoms with Crippen molar-refractivity contribution in [2.24, 2.45) is 0 Å². The molecule has 1 aromatic heterocycles. The van der Waals surface area contributed by atoms with E-state index in [0.29, 0.717) is 5.56 Å². The molecule has 0 spiro atoms. The number of carbonyl (C=O) groups excluding carboxylic acids is 1. The van der Waals surface area contributed by atoms with Gasteiger partial charge in [0.2, 0.25) is 0 Å². The number of nitrogens with zero attached hydrogens (tertiary/aromatic N) is 2. The predicted molar refractivity (Wildman–Crippen MR) is 115 cm³/mol. The minimum atomic E-state index is -0.803. The van der Waals surface area contributed by atoms with Gasteiger partial charge in [0.25, 0.3) is 5.56 Å². The third kappa shape index (κ3) is 4.72. The monoisotopic (exact) mass is 479 g/mol. The quantitative estimate of drug-likeness (QED) is 0.602. The molecule has 0 amide bonds. The van der Waals surface area contributed by atoms with Gasteiger partial charge in [0.05, 0.1) is 17.7 Å². The number of hydrogen-bond donors (Lipinski definition) is 2. The van der Waals surface area contributed by atoms with Crippen molar-refractivity contribution >= 4 is 33.7 Å². The zero-order chi connectivity index (χ0) is 21.8. The lowest BCUT2D eigenvalue weighted by atomic mass is 10.1. The number of aromatic amines is 1. The van der Waals surface area contributed by atoms with Crippen LogP contribution in [0.3, 0.4) is 0 Å². The molecule has 0 radical (unpaired) electrons. The fraction of sp³-hybridized carbons (Fsp3) is 0.350. The minimum Gasteiger partial charge on any atom is -0.456 e. The molecule has 0 aliphatic carbocycles. The van der Waals surface area contributed by atoms with Crippen LogP contribution in [0.2, 0.25) is 0 Å². The summed E-state index contributed by atoms with van der Waals surface area (Å²) in [5.41, 5.74) is 0.367. The molecule has 10 heteroatoms. The summed E-state index contributed by atoms with van der Waals surface area (Å²) >= 11 is 3.09. The molecular weight excluding hydrogens is 458 g/mol. The van der Waals surface area contributed by atoms with Gasteiger partial charge < -0.3 is 19.5 Å². The van der Waals surface area contributed by atoms with Crippen molar-refractivity contribution in [2.75, 3.05) is 25.6 Å². The molecule has 1 aliphatic heterocycles. The Morgan fingerprint density at radius 1 is 1.37 bits per heavy atom. The van der Waals surface area contributed by atoms with Crippen LogP contribution in [0.1, 0.15) is 28.6 Å². The number of hydrogen-bond acceptors (Lipinski definition) is 7. The number of aliphatic hydroxyl groups is 1. The van der Waals surface area contributed by atoms with Crippen molar-refractivity contribution in [3.63, 3.8) is 0 Å². The van der Waals surface area contributed by atoms with E-state index in [2.05, 4.69) is 20.9 Å². The molecule has 2 heterocycles. The fourth-order valence-corrected chi connectivity index (χ4v) is 3.45. The number of nitrogens with one attached hydrogen (secondary N) is 1. The maximum absolute atomic E-state index is 12.5. The van der Waals surface area contributed by atoms with Crippen LogP contribution in [0.5, 0.6) is 0 Å². The lowest BCUT2D eigenvalue weighted by Gasteiger charge is -2.17. The first-order chi connectivity index (χ1) is 14.3. The van der Waals surface area contributed by atoms with Crippen molar-refractivity contribution in [2.45, 2.75) is 24.9 Å². The number of H-pyrrole nitrogens is 1. The Morgan fingerprint density at radius 3 is 2.67 bits per heavy atom. The zero-order valence-electron chi connectivity index (χ0n) is 16.4. The van der Waals surface area contributed by atoms with Gasteiger partial charge >= 0.3 is 11.7 Å². The third-order valence-electron chi connectivity index (χ3n) is 4.79. The van der Waals surface area contributed by atoms with E-state index in [0.717, 1.165) is 5.69 Å². The van der Waals surface area contributed by atoms with Gasteiger partial charge in [0, 0.05) is 32.4 Å². The van der Waals surface area contributed by atoms with E-state index < -0.39 is 35.7 Å². The average Bonchev–Trinajstić information content (AvgIpc) is 3.12. The molecule has 9 nitrogen and oxygen atoms in total. The number of rotatable bonds is 6. The molecule has 1 aliphatic rings. The van der Waals surface area contributed by atoms with Gasteiger partial charge in [-0.25, -0.2) is 9.59 Å². The van der Waals surface area contributed by atoms with Crippen molar-refractivity contribution < 1.29 is 19.4 Å². The predicted octanol–water partition coefficient (Wildman–Crippen LogP) is 1.47. The Kier molecular flexibility index (Phi) is 6.91. The summed E-state index contributed by atoms with van der Waals surface area (Å²) in [5, 5.41) is 9.65. The maximum Gasteiger partial charge on any atom is 0.338 e. The summed E-state index contributed by atoms with van der Waals surface area (Å²) in [6, 6.07) is 6.91. The largest absolute Gasteiger partial charge is 0.456 e. The minimum absolute atomic E-state index is 0.149. The van der Waals surface area contributed by atoms with Gasteiger partial charge in [-0.1, -0.05) is 15.9 Å². The van der Waals surface area contributed by atoms with Crippen LogP contribution >= 0.6 is 15.9 Å². The average molecular weight is 480 g/mol. The third-order valence-corrected chi connectivity index (χ3v) is 5.05. The standard InChI is InChI=1S/C20H22BrN3O6/c1-23(2)14-5-3-12(4-6-14)19(27)30-15-9-17(29-16(15)11-25)24-10-13(7-8-21)18(26)22-20(24)28/h3-8,10,15-17,25H,9,11H2,1-2H3,(H,22,26,28)/b8-7+/t15-,16+,17+/m0/s1. The summed E-state index contributed by atoms with van der Waals surface area (Å²) in [4.78, 5) is 42.2. The molecule has 2 N–H and O–H groups in total. The number of halogens is 1. The number of aromatic nitrogens is 2. The van der Waals surface area contributed by atoms with Crippen LogP contribution in [0.25, 0.3) is 6.08 Å². The molecule has 0 unspecified atom stereocenters. The SMILES string of the molecule is CN(C)c1ccc(C(=O)O[C@H]2C[C@H](n3cc(/C=C/Br)c(=O)[nH]c3=O)O[C@@H]2CO)cc1. The number of anilines is 1. The van der Waals surface area contributed by atoms with E-state index in [9.17, 15) is 19.5 Å². The Balaban J connectivity index is 1.78. The number of aliphatic hydroxyl groups excluding tert-OH is 1. The molecule has 160 valence electrons. The highest BCUT2D eigenvalue weighted by Crippen LogP contribution is 2.30. The van der Waals surface area contributed by atoms with Crippen molar-refractivity contribution in [3.05, 3.63) is 67.4 Å². The Bertz CT molecular complexity index is 1040. The lowest BCUT2D eigenvalue weighted by Crippen LogP contribution is -2.33. The van der Waals surface area contributed by atoms with Gasteiger partial charge in [0.15, 0.2) is 0 Å². The summed E-state index contributed by atoms with van der Waals surface area (Å²) in [6.07, 6.45) is 0.646. The highest BCUT2D eigenvalue weighted by molar-refractivity contribution is 9.11. The van der Waals surface area contributed by atoms with Crippen molar-refractivity contribution in [1.29, 1.82) is 0 Å². The Morgan fingerprint density at radius 2 is 2.07 bits per heavy atom. The molecule has 3 atom stereocenters. The first-order valence-electron chi connectivity index (χ1n) is 9.21. The summed E-state index contributed by atoms with van der Waals surface area (Å²) in [5.74, 6) is -0.551. The van der Waals surface area contributed by atoms with Gasteiger partial charge in [-0.3, -0.25) is 14.3 Å².